The number of hydrogen-bond acceptors (Lipinski definition) is 6. The van der Waals surface area contributed by atoms with Gasteiger partial charge < -0.3 is 10.5 Å². The molecular weight excluding hydrogens is 340 g/mol. The molecule has 1 aromatic carbocycles. The number of ether oxygens (including phenoxy) is 1. The molecule has 1 aliphatic heterocycles. The lowest BCUT2D eigenvalue weighted by Gasteiger charge is -2.16. The first-order valence-electron chi connectivity index (χ1n) is 7.10. The van der Waals surface area contributed by atoms with Crippen molar-refractivity contribution in [2.45, 2.75) is 24.6 Å². The lowest BCUT2D eigenvalue weighted by molar-refractivity contribution is -0.144. The first-order chi connectivity index (χ1) is 10.9. The van der Waals surface area contributed by atoms with Crippen LogP contribution in [0.1, 0.15) is 13.3 Å². The van der Waals surface area contributed by atoms with Crippen molar-refractivity contribution in [3.8, 4) is 0 Å². The van der Waals surface area contributed by atoms with Crippen molar-refractivity contribution in [2.24, 2.45) is 5.73 Å². The van der Waals surface area contributed by atoms with E-state index in [-0.39, 0.29) is 30.6 Å². The standard InChI is InChI=1S/C15H17ClN2O4S/c1-2-22-15(21)11(17)8-23-12-7-13(19)18(14(12)20)10-5-3-4-9(16)6-10/h3-6,11-12H,2,7-8,17H2,1H3/t11-,12-/m0/s1. The van der Waals surface area contributed by atoms with Crippen molar-refractivity contribution in [2.75, 3.05) is 17.3 Å². The average molecular weight is 357 g/mol. The van der Waals surface area contributed by atoms with E-state index in [1.54, 1.807) is 31.2 Å². The molecule has 0 radical (unpaired) electrons. The summed E-state index contributed by atoms with van der Waals surface area (Å²) >= 11 is 7.09. The summed E-state index contributed by atoms with van der Waals surface area (Å²) in [5.41, 5.74) is 6.15. The Morgan fingerprint density at radius 3 is 2.91 bits per heavy atom. The Bertz CT molecular complexity index is 625. The van der Waals surface area contributed by atoms with Gasteiger partial charge in [-0.25, -0.2) is 4.90 Å². The van der Waals surface area contributed by atoms with Gasteiger partial charge in [0.05, 0.1) is 17.5 Å². The molecule has 1 aliphatic rings. The maximum atomic E-state index is 12.4. The molecule has 0 bridgehead atoms. The Morgan fingerprint density at radius 1 is 1.52 bits per heavy atom. The van der Waals surface area contributed by atoms with Crippen molar-refractivity contribution in [3.63, 3.8) is 0 Å². The lowest BCUT2D eigenvalue weighted by Crippen LogP contribution is -2.36. The Morgan fingerprint density at radius 2 is 2.26 bits per heavy atom. The second kappa shape index (κ2) is 7.81. The molecule has 1 fully saturated rings. The van der Waals surface area contributed by atoms with Crippen molar-refractivity contribution >= 4 is 46.8 Å². The second-order valence-corrected chi connectivity index (χ2v) is 6.60. The number of amides is 2. The minimum absolute atomic E-state index is 0.0750. The van der Waals surface area contributed by atoms with Crippen LogP contribution in [0.5, 0.6) is 0 Å². The fraction of sp³-hybridized carbons (Fsp3) is 0.400. The number of nitrogens with zero attached hydrogens (tertiary/aromatic N) is 1. The van der Waals surface area contributed by atoms with Gasteiger partial charge in [0.2, 0.25) is 11.8 Å². The van der Waals surface area contributed by atoms with Crippen LogP contribution < -0.4 is 10.6 Å². The molecule has 23 heavy (non-hydrogen) atoms. The molecule has 2 rings (SSSR count). The van der Waals surface area contributed by atoms with Crippen LogP contribution in [0.2, 0.25) is 5.02 Å². The molecular formula is C15H17ClN2O4S. The molecule has 2 N–H and O–H groups in total. The summed E-state index contributed by atoms with van der Waals surface area (Å²) in [6.45, 7) is 1.94. The highest BCUT2D eigenvalue weighted by Crippen LogP contribution is 2.31. The summed E-state index contributed by atoms with van der Waals surface area (Å²) < 4.78 is 4.82. The van der Waals surface area contributed by atoms with Crippen molar-refractivity contribution in [1.29, 1.82) is 0 Å². The smallest absolute Gasteiger partial charge is 0.323 e. The van der Waals surface area contributed by atoms with E-state index in [0.717, 1.165) is 4.90 Å². The van der Waals surface area contributed by atoms with Crippen LogP contribution in [0.4, 0.5) is 5.69 Å². The van der Waals surface area contributed by atoms with Gasteiger partial charge in [0, 0.05) is 17.2 Å². The summed E-state index contributed by atoms with van der Waals surface area (Å²) in [6, 6.07) is 5.74. The number of imide groups is 1. The third kappa shape index (κ3) is 4.25. The summed E-state index contributed by atoms with van der Waals surface area (Å²) in [7, 11) is 0. The van der Waals surface area contributed by atoms with E-state index in [1.807, 2.05) is 0 Å². The molecule has 124 valence electrons. The molecule has 0 aliphatic carbocycles. The van der Waals surface area contributed by atoms with Gasteiger partial charge in [0.1, 0.15) is 6.04 Å². The highest BCUT2D eigenvalue weighted by molar-refractivity contribution is 8.00. The van der Waals surface area contributed by atoms with Crippen LogP contribution in [0, 0.1) is 0 Å². The quantitative estimate of drug-likeness (QED) is 0.615. The van der Waals surface area contributed by atoms with Gasteiger partial charge >= 0.3 is 5.97 Å². The van der Waals surface area contributed by atoms with Crippen molar-refractivity contribution < 1.29 is 19.1 Å². The number of hydrogen-bond donors (Lipinski definition) is 1. The van der Waals surface area contributed by atoms with Crippen molar-refractivity contribution in [3.05, 3.63) is 29.3 Å². The number of rotatable bonds is 6. The molecule has 2 amide bonds. The summed E-state index contributed by atoms with van der Waals surface area (Å²) in [5.74, 6) is -0.910. The van der Waals surface area contributed by atoms with Gasteiger partial charge in [-0.1, -0.05) is 17.7 Å². The normalized spacial score (nSPS) is 19.1. The zero-order valence-corrected chi connectivity index (χ0v) is 14.1. The number of halogens is 1. The molecule has 0 aromatic heterocycles. The number of anilines is 1. The summed E-state index contributed by atoms with van der Waals surface area (Å²) in [6.07, 6.45) is 0.0750. The number of esters is 1. The average Bonchev–Trinajstić information content (AvgIpc) is 2.79. The van der Waals surface area contributed by atoms with Gasteiger partial charge in [-0.15, -0.1) is 11.8 Å². The molecule has 6 nitrogen and oxygen atoms in total. The predicted octanol–water partition coefficient (Wildman–Crippen LogP) is 1.60. The van der Waals surface area contributed by atoms with Gasteiger partial charge in [-0.3, -0.25) is 14.4 Å². The van der Waals surface area contributed by atoms with Gasteiger partial charge in [0.25, 0.3) is 0 Å². The monoisotopic (exact) mass is 356 g/mol. The van der Waals surface area contributed by atoms with E-state index in [2.05, 4.69) is 0 Å². The Balaban J connectivity index is 2.00. The highest BCUT2D eigenvalue weighted by Gasteiger charge is 2.40. The van der Waals surface area contributed by atoms with E-state index in [0.29, 0.717) is 10.7 Å². The summed E-state index contributed by atoms with van der Waals surface area (Å²) in [4.78, 5) is 37.1. The molecule has 8 heteroatoms. The number of carbonyl (C=O) groups is 3. The minimum Gasteiger partial charge on any atom is -0.465 e. The Kier molecular flexibility index (Phi) is 6.04. The van der Waals surface area contributed by atoms with E-state index in [4.69, 9.17) is 22.1 Å². The fourth-order valence-corrected chi connectivity index (χ4v) is 3.43. The Hall–Kier alpha value is -1.57. The molecule has 1 saturated heterocycles. The molecule has 2 atom stereocenters. The third-order valence-electron chi connectivity index (χ3n) is 3.24. The number of thioether (sulfide) groups is 1. The largest absolute Gasteiger partial charge is 0.465 e. The van der Waals surface area contributed by atoms with Crippen LogP contribution in [0.25, 0.3) is 0 Å². The van der Waals surface area contributed by atoms with Crippen LogP contribution in [0.3, 0.4) is 0 Å². The van der Waals surface area contributed by atoms with Crippen LogP contribution in [-0.2, 0) is 19.1 Å². The molecule has 1 heterocycles. The van der Waals surface area contributed by atoms with Crippen molar-refractivity contribution in [1.82, 2.24) is 0 Å². The zero-order valence-electron chi connectivity index (χ0n) is 12.5. The SMILES string of the molecule is CCOC(=O)[C@@H](N)CS[C@H]1CC(=O)N(c2cccc(Cl)c2)C1=O. The summed E-state index contributed by atoms with van der Waals surface area (Å²) in [5, 5.41) is -0.106. The number of benzene rings is 1. The van der Waals surface area contributed by atoms with Gasteiger partial charge in [-0.2, -0.15) is 0 Å². The molecule has 0 unspecified atom stereocenters. The third-order valence-corrected chi connectivity index (χ3v) is 4.80. The van der Waals surface area contributed by atoms with Gasteiger partial charge in [0.15, 0.2) is 0 Å². The van der Waals surface area contributed by atoms with Crippen LogP contribution in [0.15, 0.2) is 24.3 Å². The highest BCUT2D eigenvalue weighted by atomic mass is 35.5. The Labute approximate surface area is 143 Å². The second-order valence-electron chi connectivity index (χ2n) is 4.93. The fourth-order valence-electron chi connectivity index (χ4n) is 2.16. The van der Waals surface area contributed by atoms with E-state index < -0.39 is 17.3 Å². The lowest BCUT2D eigenvalue weighted by atomic mass is 10.3. The maximum absolute atomic E-state index is 12.4. The minimum atomic E-state index is -0.817. The number of nitrogens with two attached hydrogens (primary N) is 1. The first-order valence-corrected chi connectivity index (χ1v) is 8.53. The predicted molar refractivity (Wildman–Crippen MR) is 89.4 cm³/mol. The molecule has 0 saturated carbocycles. The van der Waals surface area contributed by atoms with Crippen LogP contribution >= 0.6 is 23.4 Å². The van der Waals surface area contributed by atoms with Crippen LogP contribution in [-0.4, -0.2) is 41.4 Å². The number of carbonyl (C=O) groups excluding carboxylic acids is 3. The molecule has 0 spiro atoms. The van der Waals surface area contributed by atoms with E-state index in [1.165, 1.54) is 11.8 Å². The van der Waals surface area contributed by atoms with E-state index >= 15 is 0 Å². The van der Waals surface area contributed by atoms with Gasteiger partial charge in [-0.05, 0) is 25.1 Å². The first kappa shape index (κ1) is 17.8. The molecule has 1 aromatic rings. The maximum Gasteiger partial charge on any atom is 0.323 e. The topological polar surface area (TPSA) is 89.7 Å². The zero-order chi connectivity index (χ0) is 17.0. The van der Waals surface area contributed by atoms with E-state index in [9.17, 15) is 14.4 Å².